The maximum atomic E-state index is 11.2. The molecule has 1 N–H and O–H groups in total. The number of H-pyrrole nitrogens is 1. The van der Waals surface area contributed by atoms with Crippen LogP contribution in [0.25, 0.3) is 16.6 Å². The second kappa shape index (κ2) is 2.41. The van der Waals surface area contributed by atoms with E-state index in [4.69, 9.17) is 0 Å². The van der Waals surface area contributed by atoms with Gasteiger partial charge < -0.3 is 0 Å². The number of aromatic nitrogens is 4. The van der Waals surface area contributed by atoms with Crippen molar-refractivity contribution in [3.63, 3.8) is 0 Å². The zero-order valence-corrected chi connectivity index (χ0v) is 7.14. The Balaban J connectivity index is 2.68. The highest BCUT2D eigenvalue weighted by Gasteiger charge is 2.04. The fraction of sp³-hybridized carbons (Fsp3) is 0. The molecule has 0 saturated heterocycles. The van der Waals surface area contributed by atoms with Crippen LogP contribution in [0.5, 0.6) is 0 Å². The SMILES string of the molecule is O=c1[nH]nc2c3ccccc3ncn12. The van der Waals surface area contributed by atoms with E-state index in [-0.39, 0.29) is 5.69 Å². The van der Waals surface area contributed by atoms with Gasteiger partial charge in [0.25, 0.3) is 0 Å². The second-order valence-electron chi connectivity index (χ2n) is 2.98. The van der Waals surface area contributed by atoms with Crippen molar-refractivity contribution in [1.82, 2.24) is 19.6 Å². The zero-order valence-electron chi connectivity index (χ0n) is 7.14. The molecule has 0 fully saturated rings. The first kappa shape index (κ1) is 7.25. The van der Waals surface area contributed by atoms with Crippen molar-refractivity contribution in [3.8, 4) is 0 Å². The Morgan fingerprint density at radius 2 is 2.14 bits per heavy atom. The Morgan fingerprint density at radius 1 is 1.29 bits per heavy atom. The van der Waals surface area contributed by atoms with Gasteiger partial charge in [-0.1, -0.05) is 12.1 Å². The molecule has 1 aromatic carbocycles. The van der Waals surface area contributed by atoms with Crippen molar-refractivity contribution in [1.29, 1.82) is 0 Å². The van der Waals surface area contributed by atoms with Crippen LogP contribution in [-0.4, -0.2) is 19.6 Å². The third kappa shape index (κ3) is 0.806. The number of aromatic amines is 1. The highest BCUT2D eigenvalue weighted by atomic mass is 16.1. The Morgan fingerprint density at radius 3 is 3.07 bits per heavy atom. The molecule has 3 aromatic rings. The molecule has 0 unspecified atom stereocenters. The number of para-hydroxylation sites is 1. The van der Waals surface area contributed by atoms with Crippen molar-refractivity contribution in [2.24, 2.45) is 0 Å². The van der Waals surface area contributed by atoms with E-state index in [1.165, 1.54) is 10.7 Å². The minimum Gasteiger partial charge on any atom is -0.246 e. The Kier molecular flexibility index (Phi) is 1.25. The summed E-state index contributed by atoms with van der Waals surface area (Å²) in [6.07, 6.45) is 1.48. The fourth-order valence-corrected chi connectivity index (χ4v) is 1.50. The van der Waals surface area contributed by atoms with Crippen LogP contribution in [0.3, 0.4) is 0 Å². The molecule has 68 valence electrons. The summed E-state index contributed by atoms with van der Waals surface area (Å²) in [5.41, 5.74) is 1.18. The summed E-state index contributed by atoms with van der Waals surface area (Å²) in [5, 5.41) is 7.19. The van der Waals surface area contributed by atoms with Crippen LogP contribution in [0, 0.1) is 0 Å². The monoisotopic (exact) mass is 186 g/mol. The van der Waals surface area contributed by atoms with Crippen molar-refractivity contribution < 1.29 is 0 Å². The van der Waals surface area contributed by atoms with Crippen LogP contribution in [0.4, 0.5) is 0 Å². The summed E-state index contributed by atoms with van der Waals surface area (Å²) in [6, 6.07) is 7.56. The first-order valence-electron chi connectivity index (χ1n) is 4.17. The van der Waals surface area contributed by atoms with E-state index in [0.29, 0.717) is 5.65 Å². The molecular formula is C9H6N4O. The van der Waals surface area contributed by atoms with Gasteiger partial charge in [0.05, 0.1) is 5.52 Å². The van der Waals surface area contributed by atoms with E-state index in [1.54, 1.807) is 0 Å². The van der Waals surface area contributed by atoms with Crippen molar-refractivity contribution in [3.05, 3.63) is 41.1 Å². The largest absolute Gasteiger partial charge is 0.348 e. The summed E-state index contributed by atoms with van der Waals surface area (Å²) < 4.78 is 1.39. The summed E-state index contributed by atoms with van der Waals surface area (Å²) in [7, 11) is 0. The molecule has 0 spiro atoms. The minimum absolute atomic E-state index is 0.266. The van der Waals surface area contributed by atoms with Gasteiger partial charge in [0.2, 0.25) is 0 Å². The van der Waals surface area contributed by atoms with Crippen LogP contribution >= 0.6 is 0 Å². The molecule has 0 radical (unpaired) electrons. The molecule has 0 aliphatic carbocycles. The molecule has 14 heavy (non-hydrogen) atoms. The molecule has 0 aliphatic heterocycles. The molecule has 2 heterocycles. The third-order valence-corrected chi connectivity index (χ3v) is 2.16. The van der Waals surface area contributed by atoms with E-state index in [9.17, 15) is 4.79 Å². The second-order valence-corrected chi connectivity index (χ2v) is 2.98. The third-order valence-electron chi connectivity index (χ3n) is 2.16. The van der Waals surface area contributed by atoms with Crippen molar-refractivity contribution >= 4 is 16.6 Å². The van der Waals surface area contributed by atoms with Gasteiger partial charge in [0.1, 0.15) is 6.33 Å². The molecule has 3 rings (SSSR count). The number of hydrogen-bond acceptors (Lipinski definition) is 3. The van der Waals surface area contributed by atoms with Crippen LogP contribution in [0.2, 0.25) is 0 Å². The normalized spacial score (nSPS) is 11.1. The molecular weight excluding hydrogens is 180 g/mol. The molecule has 0 amide bonds. The van der Waals surface area contributed by atoms with Gasteiger partial charge in [-0.3, -0.25) is 0 Å². The topological polar surface area (TPSA) is 63.0 Å². The van der Waals surface area contributed by atoms with Gasteiger partial charge in [-0.15, -0.1) is 0 Å². The van der Waals surface area contributed by atoms with Crippen LogP contribution in [0.15, 0.2) is 35.4 Å². The first-order valence-corrected chi connectivity index (χ1v) is 4.17. The molecule has 2 aromatic heterocycles. The Bertz CT molecular complexity index is 667. The average molecular weight is 186 g/mol. The summed E-state index contributed by atoms with van der Waals surface area (Å²) in [4.78, 5) is 15.4. The molecule has 0 aliphatic rings. The summed E-state index contributed by atoms with van der Waals surface area (Å²) in [6.45, 7) is 0. The number of nitrogens with zero attached hydrogens (tertiary/aromatic N) is 3. The minimum atomic E-state index is -0.266. The molecule has 0 atom stereocenters. The van der Waals surface area contributed by atoms with Gasteiger partial charge in [-0.2, -0.15) is 5.10 Å². The van der Waals surface area contributed by atoms with E-state index in [1.807, 2.05) is 24.3 Å². The standard InChI is InChI=1S/C9H6N4O/c14-9-12-11-8-6-3-1-2-4-7(6)10-5-13(8)9/h1-5H,(H,12,14). The maximum Gasteiger partial charge on any atom is 0.348 e. The van der Waals surface area contributed by atoms with E-state index >= 15 is 0 Å². The zero-order chi connectivity index (χ0) is 9.54. The predicted octanol–water partition coefficient (Wildman–Crippen LogP) is 0.571. The van der Waals surface area contributed by atoms with Gasteiger partial charge in [0.15, 0.2) is 5.65 Å². The highest BCUT2D eigenvalue weighted by molar-refractivity contribution is 5.90. The first-order chi connectivity index (χ1) is 6.86. The number of benzene rings is 1. The lowest BCUT2D eigenvalue weighted by molar-refractivity contribution is 1.00. The van der Waals surface area contributed by atoms with E-state index in [2.05, 4.69) is 15.2 Å². The van der Waals surface area contributed by atoms with Gasteiger partial charge in [0, 0.05) is 5.39 Å². The summed E-state index contributed by atoms with van der Waals surface area (Å²) >= 11 is 0. The predicted molar refractivity (Wildman–Crippen MR) is 51.1 cm³/mol. The fourth-order valence-electron chi connectivity index (χ4n) is 1.50. The van der Waals surface area contributed by atoms with E-state index < -0.39 is 0 Å². The maximum absolute atomic E-state index is 11.2. The Labute approximate surface area is 78.0 Å². The number of rotatable bonds is 0. The van der Waals surface area contributed by atoms with Crippen molar-refractivity contribution in [2.75, 3.05) is 0 Å². The molecule has 5 nitrogen and oxygen atoms in total. The number of fused-ring (bicyclic) bond motifs is 3. The average Bonchev–Trinajstić information content (AvgIpc) is 2.61. The van der Waals surface area contributed by atoms with Gasteiger partial charge in [-0.25, -0.2) is 19.3 Å². The van der Waals surface area contributed by atoms with Gasteiger partial charge in [-0.05, 0) is 12.1 Å². The smallest absolute Gasteiger partial charge is 0.246 e. The molecule has 0 saturated carbocycles. The number of hydrogen-bond donors (Lipinski definition) is 1. The lowest BCUT2D eigenvalue weighted by atomic mass is 10.2. The van der Waals surface area contributed by atoms with Gasteiger partial charge >= 0.3 is 5.69 Å². The van der Waals surface area contributed by atoms with Crippen molar-refractivity contribution in [2.45, 2.75) is 0 Å². The lowest BCUT2D eigenvalue weighted by Crippen LogP contribution is -2.09. The van der Waals surface area contributed by atoms with E-state index in [0.717, 1.165) is 10.9 Å². The van der Waals surface area contributed by atoms with Crippen LogP contribution < -0.4 is 5.69 Å². The quantitative estimate of drug-likeness (QED) is 0.558. The van der Waals surface area contributed by atoms with Crippen LogP contribution in [0.1, 0.15) is 0 Å². The van der Waals surface area contributed by atoms with Crippen LogP contribution in [-0.2, 0) is 0 Å². The number of nitrogens with one attached hydrogen (secondary N) is 1. The molecule has 0 bridgehead atoms. The summed E-state index contributed by atoms with van der Waals surface area (Å²) in [5.74, 6) is 0. The molecule has 5 heteroatoms. The Hall–Kier alpha value is -2.17. The highest BCUT2D eigenvalue weighted by Crippen LogP contribution is 2.13. The lowest BCUT2D eigenvalue weighted by Gasteiger charge is -1.96.